The van der Waals surface area contributed by atoms with Crippen molar-refractivity contribution in [3.63, 3.8) is 0 Å². The molecule has 5 nitrogen and oxygen atoms in total. The van der Waals surface area contributed by atoms with Crippen molar-refractivity contribution < 1.29 is 18.8 Å². The van der Waals surface area contributed by atoms with Gasteiger partial charge in [-0.15, -0.1) is 0 Å². The summed E-state index contributed by atoms with van der Waals surface area (Å²) in [7, 11) is -4.45. The quantitative estimate of drug-likeness (QED) is 0.133. The summed E-state index contributed by atoms with van der Waals surface area (Å²) in [6.07, 6.45) is 3.63. The van der Waals surface area contributed by atoms with Crippen molar-refractivity contribution in [1.29, 1.82) is 0 Å². The third-order valence-corrected chi connectivity index (χ3v) is 28.5. The fraction of sp³-hybridized carbons (Fsp3) is 0.647. The number of aromatic nitrogens is 1. The summed E-state index contributed by atoms with van der Waals surface area (Å²) in [6, 6.07) is 19.8. The minimum absolute atomic E-state index is 0.113. The van der Waals surface area contributed by atoms with Gasteiger partial charge in [-0.3, -0.25) is 0 Å². The molecule has 1 atom stereocenters. The first-order valence-corrected chi connectivity index (χ1v) is 28.4. The molecule has 0 saturated carbocycles. The minimum Gasteiger partial charge on any atom is -0.463 e. The summed E-state index contributed by atoms with van der Waals surface area (Å²) >= 11 is 0. The van der Waals surface area contributed by atoms with E-state index in [1.54, 1.807) is 0 Å². The molecule has 324 valence electrons. The van der Waals surface area contributed by atoms with Gasteiger partial charge >= 0.3 is 7.12 Å². The Morgan fingerprint density at radius 3 is 1.59 bits per heavy atom. The second-order valence-corrected chi connectivity index (χ2v) is 33.9. The monoisotopic (exact) mass is 838 g/mol. The van der Waals surface area contributed by atoms with Gasteiger partial charge in [0, 0.05) is 22.7 Å². The lowest BCUT2D eigenvalue weighted by Crippen LogP contribution is -2.50. The molecular weight excluding hydrogens is 758 g/mol. The Morgan fingerprint density at radius 2 is 1.19 bits per heavy atom. The van der Waals surface area contributed by atoms with E-state index in [0.717, 1.165) is 42.6 Å². The SMILES string of the molecule is CC(C)[Si](C)(c1ccc2c3ccc([Si](C)(C(C)C)C(C)C)cc3n(-c3cc(C(C)(C)CC(C)(C)C)cc(B4OC(C)(C)C(C)(C)O4)c3OC3CCCCO3)c2c1)C(C)C. The van der Waals surface area contributed by atoms with Crippen LogP contribution in [0, 0.1) is 5.41 Å². The summed E-state index contributed by atoms with van der Waals surface area (Å²) < 4.78 is 30.3. The smallest absolute Gasteiger partial charge is 0.463 e. The van der Waals surface area contributed by atoms with Crippen LogP contribution in [0.15, 0.2) is 48.5 Å². The van der Waals surface area contributed by atoms with Crippen molar-refractivity contribution in [2.45, 2.75) is 202 Å². The van der Waals surface area contributed by atoms with Crippen LogP contribution in [0.3, 0.4) is 0 Å². The van der Waals surface area contributed by atoms with E-state index in [2.05, 4.69) is 184 Å². The van der Waals surface area contributed by atoms with Gasteiger partial charge in [0.05, 0.1) is 50.7 Å². The average Bonchev–Trinajstić information content (AvgIpc) is 3.57. The summed E-state index contributed by atoms with van der Waals surface area (Å²) in [4.78, 5) is 0. The molecule has 0 bridgehead atoms. The molecular formula is C51H80BNO4Si2. The summed E-state index contributed by atoms with van der Waals surface area (Å²) in [5, 5.41) is 5.59. The van der Waals surface area contributed by atoms with Gasteiger partial charge in [0.2, 0.25) is 0 Å². The first-order chi connectivity index (χ1) is 27.2. The fourth-order valence-corrected chi connectivity index (χ4v) is 17.6. The van der Waals surface area contributed by atoms with Crippen LogP contribution in [0.5, 0.6) is 5.75 Å². The molecule has 1 aromatic heterocycles. The van der Waals surface area contributed by atoms with E-state index in [1.165, 1.54) is 37.7 Å². The lowest BCUT2D eigenvalue weighted by Gasteiger charge is -2.37. The number of rotatable bonds is 12. The molecule has 4 aromatic rings. The Balaban J connectivity index is 1.82. The maximum Gasteiger partial charge on any atom is 0.498 e. The predicted molar refractivity (Wildman–Crippen MR) is 261 cm³/mol. The second-order valence-electron chi connectivity index (χ2n) is 23.0. The molecule has 1 unspecified atom stereocenters. The summed E-state index contributed by atoms with van der Waals surface area (Å²) in [5.74, 6) is 0.806. The molecule has 0 amide bonds. The van der Waals surface area contributed by atoms with Crippen molar-refractivity contribution in [2.75, 3.05) is 6.61 Å². The standard InChI is InChI=1S/C51H80BNO4Si2/c1-33(2)58(18,34(3)4)38-23-25-40-41-26-24-39(59(19,35(5)6)36(7)8)31-44(41)53(43(40)30-38)45-29-37(49(12,13)32-48(9,10)11)28-42(47(45)55-46-22-20-21-27-54-46)52-56-50(14,15)51(16,17)57-52/h23-26,28-31,33-36,46H,20-22,27,32H2,1-19H3. The van der Waals surface area contributed by atoms with Gasteiger partial charge in [0.1, 0.15) is 5.75 Å². The van der Waals surface area contributed by atoms with Gasteiger partial charge in [0.25, 0.3) is 0 Å². The van der Waals surface area contributed by atoms with Crippen LogP contribution in [-0.4, -0.2) is 51.9 Å². The minimum atomic E-state index is -1.92. The number of benzene rings is 3. The Bertz CT molecular complexity index is 2040. The highest BCUT2D eigenvalue weighted by Gasteiger charge is 2.53. The third kappa shape index (κ3) is 8.33. The summed E-state index contributed by atoms with van der Waals surface area (Å²) in [5.41, 5.74) is 7.01. The van der Waals surface area contributed by atoms with E-state index in [4.69, 9.17) is 18.8 Å². The van der Waals surface area contributed by atoms with Gasteiger partial charge in [-0.25, -0.2) is 0 Å². The molecule has 3 aromatic carbocycles. The fourth-order valence-electron chi connectivity index (χ4n) is 10.4. The predicted octanol–water partition coefficient (Wildman–Crippen LogP) is 12.9. The van der Waals surface area contributed by atoms with Gasteiger partial charge in [-0.1, -0.05) is 144 Å². The number of hydrogen-bond donors (Lipinski definition) is 0. The van der Waals surface area contributed by atoms with Crippen LogP contribution in [0.1, 0.15) is 149 Å². The van der Waals surface area contributed by atoms with Crippen LogP contribution in [0.2, 0.25) is 35.3 Å². The molecule has 2 aliphatic heterocycles. The molecule has 0 radical (unpaired) electrons. The van der Waals surface area contributed by atoms with Gasteiger partial charge in [-0.2, -0.15) is 0 Å². The highest BCUT2D eigenvalue weighted by Crippen LogP contribution is 2.45. The van der Waals surface area contributed by atoms with Crippen LogP contribution >= 0.6 is 0 Å². The van der Waals surface area contributed by atoms with E-state index in [1.807, 2.05) is 0 Å². The number of hydrogen-bond acceptors (Lipinski definition) is 4. The molecule has 3 heterocycles. The van der Waals surface area contributed by atoms with E-state index >= 15 is 0 Å². The average molecular weight is 838 g/mol. The number of nitrogens with zero attached hydrogens (tertiary/aromatic N) is 1. The van der Waals surface area contributed by atoms with E-state index in [0.29, 0.717) is 28.8 Å². The lowest BCUT2D eigenvalue weighted by atomic mass is 9.69. The van der Waals surface area contributed by atoms with Crippen molar-refractivity contribution >= 4 is 60.9 Å². The maximum atomic E-state index is 7.32. The van der Waals surface area contributed by atoms with E-state index in [9.17, 15) is 0 Å². The van der Waals surface area contributed by atoms with Crippen LogP contribution < -0.4 is 20.6 Å². The molecule has 2 saturated heterocycles. The first-order valence-electron chi connectivity index (χ1n) is 23.1. The summed E-state index contributed by atoms with van der Waals surface area (Å²) in [6.45, 7) is 45.9. The zero-order valence-electron chi connectivity index (χ0n) is 40.7. The number of ether oxygens (including phenoxy) is 2. The number of fused-ring (bicyclic) bond motifs is 3. The molecule has 59 heavy (non-hydrogen) atoms. The molecule has 8 heteroatoms. The van der Waals surface area contributed by atoms with Gasteiger partial charge in [0.15, 0.2) is 6.29 Å². The normalized spacial score (nSPS) is 19.4. The molecule has 0 aliphatic carbocycles. The Hall–Kier alpha value is -2.36. The van der Waals surface area contributed by atoms with Crippen LogP contribution in [-0.2, 0) is 19.5 Å². The van der Waals surface area contributed by atoms with Crippen LogP contribution in [0.25, 0.3) is 27.5 Å². The van der Waals surface area contributed by atoms with Crippen LogP contribution in [0.4, 0.5) is 0 Å². The molecule has 6 rings (SSSR count). The van der Waals surface area contributed by atoms with Gasteiger partial charge in [-0.05, 0) is 104 Å². The zero-order chi connectivity index (χ0) is 43.8. The van der Waals surface area contributed by atoms with Crippen molar-refractivity contribution in [3.8, 4) is 11.4 Å². The lowest BCUT2D eigenvalue weighted by molar-refractivity contribution is -0.105. The highest BCUT2D eigenvalue weighted by atomic mass is 28.3. The Kier molecular flexibility index (Phi) is 12.6. The topological polar surface area (TPSA) is 41.9 Å². The van der Waals surface area contributed by atoms with Gasteiger partial charge < -0.3 is 23.3 Å². The van der Waals surface area contributed by atoms with E-state index in [-0.39, 0.29) is 17.1 Å². The van der Waals surface area contributed by atoms with Crippen molar-refractivity contribution in [1.82, 2.24) is 4.57 Å². The Morgan fingerprint density at radius 1 is 0.712 bits per heavy atom. The molecule has 2 aliphatic rings. The zero-order valence-corrected chi connectivity index (χ0v) is 42.7. The molecule has 0 N–H and O–H groups in total. The largest absolute Gasteiger partial charge is 0.498 e. The van der Waals surface area contributed by atoms with Crippen molar-refractivity contribution in [2.24, 2.45) is 5.41 Å². The van der Waals surface area contributed by atoms with E-state index < -0.39 is 34.5 Å². The molecule has 0 spiro atoms. The maximum absolute atomic E-state index is 7.32. The third-order valence-electron chi connectivity index (χ3n) is 15.8. The second kappa shape index (κ2) is 16.1. The Labute approximate surface area is 361 Å². The first kappa shape index (κ1) is 46.1. The highest BCUT2D eigenvalue weighted by molar-refractivity contribution is 6.93. The van der Waals surface area contributed by atoms with Crippen molar-refractivity contribution in [3.05, 3.63) is 54.1 Å². The molecule has 2 fully saturated rings.